The molecule has 0 aliphatic heterocycles. The van der Waals surface area contributed by atoms with Crippen LogP contribution in [0.3, 0.4) is 0 Å². The predicted octanol–water partition coefficient (Wildman–Crippen LogP) is 1.11. The van der Waals surface area contributed by atoms with Gasteiger partial charge in [0.15, 0.2) is 0 Å². The highest BCUT2D eigenvalue weighted by molar-refractivity contribution is 6.04. The minimum Gasteiger partial charge on any atom is -0.395 e. The molecule has 108 valence electrons. The fourth-order valence-electron chi connectivity index (χ4n) is 1.69. The molecule has 2 aromatic rings. The van der Waals surface area contributed by atoms with E-state index in [1.165, 1.54) is 6.20 Å². The quantitative estimate of drug-likeness (QED) is 0.827. The first-order valence-electron chi connectivity index (χ1n) is 6.48. The van der Waals surface area contributed by atoms with E-state index < -0.39 is 0 Å². The Morgan fingerprint density at radius 2 is 2.29 bits per heavy atom. The van der Waals surface area contributed by atoms with Gasteiger partial charge in [-0.15, -0.1) is 0 Å². The van der Waals surface area contributed by atoms with E-state index in [-0.39, 0.29) is 12.5 Å². The van der Waals surface area contributed by atoms with Crippen LogP contribution in [0.2, 0.25) is 0 Å². The van der Waals surface area contributed by atoms with E-state index in [4.69, 9.17) is 5.11 Å². The fourth-order valence-corrected chi connectivity index (χ4v) is 1.69. The molecule has 0 fully saturated rings. The number of aliphatic hydroxyl groups excluding tert-OH is 1. The molecule has 21 heavy (non-hydrogen) atoms. The molecule has 2 heterocycles. The van der Waals surface area contributed by atoms with Crippen LogP contribution < -0.4 is 5.32 Å². The van der Waals surface area contributed by atoms with Crippen LogP contribution in [-0.4, -0.2) is 32.4 Å². The fraction of sp³-hybridized carbons (Fsp3) is 0.267. The smallest absolute Gasteiger partial charge is 0.260 e. The summed E-state index contributed by atoms with van der Waals surface area (Å²) in [6.07, 6.45) is 1.92. The lowest BCUT2D eigenvalue weighted by Crippen LogP contribution is -2.14. The summed E-state index contributed by atoms with van der Waals surface area (Å²) >= 11 is 0. The number of anilines is 1. The number of rotatable bonds is 3. The van der Waals surface area contributed by atoms with Crippen molar-refractivity contribution in [3.8, 4) is 11.8 Å². The number of nitrogens with one attached hydrogen (secondary N) is 1. The third-order valence-electron chi connectivity index (χ3n) is 2.92. The molecule has 2 rings (SSSR count). The Morgan fingerprint density at radius 1 is 1.48 bits per heavy atom. The van der Waals surface area contributed by atoms with Gasteiger partial charge in [-0.3, -0.25) is 9.48 Å². The van der Waals surface area contributed by atoms with Crippen molar-refractivity contribution < 1.29 is 9.90 Å². The first kappa shape index (κ1) is 14.8. The number of hydrogen-bond acceptors (Lipinski definition) is 4. The van der Waals surface area contributed by atoms with Crippen molar-refractivity contribution in [2.75, 3.05) is 11.9 Å². The van der Waals surface area contributed by atoms with Gasteiger partial charge in [0.05, 0.1) is 18.4 Å². The van der Waals surface area contributed by atoms with Crippen LogP contribution in [0.4, 0.5) is 5.82 Å². The maximum Gasteiger partial charge on any atom is 0.260 e. The normalized spacial score (nSPS) is 9.86. The van der Waals surface area contributed by atoms with Crippen molar-refractivity contribution in [1.82, 2.24) is 14.8 Å². The zero-order valence-corrected chi connectivity index (χ0v) is 11.9. The summed E-state index contributed by atoms with van der Waals surface area (Å²) in [5, 5.41) is 15.4. The average Bonchev–Trinajstić information content (AvgIpc) is 2.80. The van der Waals surface area contributed by atoms with E-state index in [1.54, 1.807) is 29.9 Å². The van der Waals surface area contributed by atoms with Crippen molar-refractivity contribution >= 4 is 11.7 Å². The van der Waals surface area contributed by atoms with Gasteiger partial charge >= 0.3 is 0 Å². The van der Waals surface area contributed by atoms with E-state index in [0.717, 1.165) is 5.69 Å². The summed E-state index contributed by atoms with van der Waals surface area (Å²) in [6, 6.07) is 5.21. The van der Waals surface area contributed by atoms with Crippen LogP contribution in [0.5, 0.6) is 0 Å². The zero-order valence-electron chi connectivity index (χ0n) is 11.9. The third kappa shape index (κ3) is 3.68. The lowest BCUT2D eigenvalue weighted by Gasteiger charge is -2.04. The largest absolute Gasteiger partial charge is 0.395 e. The van der Waals surface area contributed by atoms with Gasteiger partial charge in [-0.05, 0) is 25.0 Å². The number of hydrogen-bond donors (Lipinski definition) is 2. The van der Waals surface area contributed by atoms with Crippen LogP contribution in [0.1, 0.15) is 28.2 Å². The van der Waals surface area contributed by atoms with Gasteiger partial charge in [0.2, 0.25) is 0 Å². The summed E-state index contributed by atoms with van der Waals surface area (Å²) in [7, 11) is 1.78. The first-order valence-corrected chi connectivity index (χ1v) is 6.48. The Kier molecular flexibility index (Phi) is 4.69. The van der Waals surface area contributed by atoms with Gasteiger partial charge in [0.1, 0.15) is 11.5 Å². The Morgan fingerprint density at radius 3 is 2.95 bits per heavy atom. The SMILES string of the molecule is Cc1c(C(=O)Nc2cccc(C#CCCO)n2)cnn1C. The maximum atomic E-state index is 12.1. The molecule has 6 heteroatoms. The molecule has 0 aromatic carbocycles. The second-order valence-corrected chi connectivity index (χ2v) is 4.40. The van der Waals surface area contributed by atoms with E-state index in [0.29, 0.717) is 23.5 Å². The zero-order chi connectivity index (χ0) is 15.2. The highest BCUT2D eigenvalue weighted by atomic mass is 16.2. The van der Waals surface area contributed by atoms with Crippen LogP contribution >= 0.6 is 0 Å². The predicted molar refractivity (Wildman–Crippen MR) is 78.7 cm³/mol. The van der Waals surface area contributed by atoms with Crippen molar-refractivity contribution in [2.24, 2.45) is 7.05 Å². The van der Waals surface area contributed by atoms with Crippen molar-refractivity contribution in [3.63, 3.8) is 0 Å². The molecule has 0 radical (unpaired) electrons. The molecule has 0 aliphatic carbocycles. The van der Waals surface area contributed by atoms with Gasteiger partial charge in [-0.1, -0.05) is 12.0 Å². The average molecular weight is 284 g/mol. The molecular formula is C15H16N4O2. The number of carbonyl (C=O) groups excluding carboxylic acids is 1. The molecule has 0 saturated heterocycles. The standard InChI is InChI=1S/C15H16N4O2/c1-11-13(10-16-19(11)2)15(21)18-14-8-5-7-12(17-14)6-3-4-9-20/h5,7-8,10,20H,4,9H2,1-2H3,(H,17,18,21). The summed E-state index contributed by atoms with van der Waals surface area (Å²) in [4.78, 5) is 16.4. The van der Waals surface area contributed by atoms with Gasteiger partial charge in [0, 0.05) is 19.2 Å². The number of amides is 1. The summed E-state index contributed by atoms with van der Waals surface area (Å²) in [5.41, 5.74) is 1.84. The molecule has 0 spiro atoms. The highest BCUT2D eigenvalue weighted by Crippen LogP contribution is 2.10. The lowest BCUT2D eigenvalue weighted by atomic mass is 10.2. The van der Waals surface area contributed by atoms with Gasteiger partial charge in [0.25, 0.3) is 5.91 Å². The Balaban J connectivity index is 2.13. The monoisotopic (exact) mass is 284 g/mol. The molecule has 0 unspecified atom stereocenters. The number of nitrogens with zero attached hydrogens (tertiary/aromatic N) is 3. The van der Waals surface area contributed by atoms with Crippen LogP contribution in [0.15, 0.2) is 24.4 Å². The number of aliphatic hydroxyl groups is 1. The third-order valence-corrected chi connectivity index (χ3v) is 2.92. The molecule has 2 aromatic heterocycles. The second-order valence-electron chi connectivity index (χ2n) is 4.40. The highest BCUT2D eigenvalue weighted by Gasteiger charge is 2.13. The summed E-state index contributed by atoms with van der Waals surface area (Å²) in [5.74, 6) is 5.79. The van der Waals surface area contributed by atoms with Crippen molar-refractivity contribution in [3.05, 3.63) is 41.3 Å². The minimum absolute atomic E-state index is 0.0176. The van der Waals surface area contributed by atoms with Gasteiger partial charge in [-0.2, -0.15) is 5.10 Å². The molecule has 2 N–H and O–H groups in total. The van der Waals surface area contributed by atoms with Crippen LogP contribution in [0.25, 0.3) is 0 Å². The Labute approximate surface area is 122 Å². The van der Waals surface area contributed by atoms with Crippen molar-refractivity contribution in [2.45, 2.75) is 13.3 Å². The molecule has 0 bridgehead atoms. The van der Waals surface area contributed by atoms with E-state index in [9.17, 15) is 4.79 Å². The molecule has 6 nitrogen and oxygen atoms in total. The second kappa shape index (κ2) is 6.68. The number of aryl methyl sites for hydroxylation is 1. The molecule has 0 atom stereocenters. The topological polar surface area (TPSA) is 80.0 Å². The summed E-state index contributed by atoms with van der Waals surface area (Å²) < 4.78 is 1.64. The van der Waals surface area contributed by atoms with Crippen molar-refractivity contribution in [1.29, 1.82) is 0 Å². The van der Waals surface area contributed by atoms with Crippen LogP contribution in [0, 0.1) is 18.8 Å². The Bertz CT molecular complexity index is 710. The molecule has 0 aliphatic rings. The number of pyridine rings is 1. The minimum atomic E-state index is -0.256. The number of aromatic nitrogens is 3. The van der Waals surface area contributed by atoms with E-state index in [2.05, 4.69) is 27.2 Å². The van der Waals surface area contributed by atoms with E-state index in [1.807, 2.05) is 6.92 Å². The lowest BCUT2D eigenvalue weighted by molar-refractivity contribution is 0.102. The van der Waals surface area contributed by atoms with E-state index >= 15 is 0 Å². The Hall–Kier alpha value is -2.65. The first-order chi connectivity index (χ1) is 10.1. The molecule has 1 amide bonds. The van der Waals surface area contributed by atoms with Gasteiger partial charge in [-0.25, -0.2) is 4.98 Å². The van der Waals surface area contributed by atoms with Crippen LogP contribution in [-0.2, 0) is 7.05 Å². The van der Waals surface area contributed by atoms with Gasteiger partial charge < -0.3 is 10.4 Å². The molecule has 0 saturated carbocycles. The molecular weight excluding hydrogens is 268 g/mol. The maximum absolute atomic E-state index is 12.1. The summed E-state index contributed by atoms with van der Waals surface area (Å²) in [6.45, 7) is 1.84. The number of carbonyl (C=O) groups is 1.